The lowest BCUT2D eigenvalue weighted by Gasteiger charge is -2.26. The third kappa shape index (κ3) is 5.00. The van der Waals surface area contributed by atoms with Crippen LogP contribution in [0.4, 0.5) is 0 Å². The van der Waals surface area contributed by atoms with E-state index < -0.39 is 0 Å². The van der Waals surface area contributed by atoms with Gasteiger partial charge in [0, 0.05) is 19.1 Å². The van der Waals surface area contributed by atoms with Crippen LogP contribution in [0, 0.1) is 0 Å². The Labute approximate surface area is 103 Å². The largest absolute Gasteiger partial charge is 0.469 e. The topological polar surface area (TPSA) is 29.5 Å². The van der Waals surface area contributed by atoms with Gasteiger partial charge in [-0.15, -0.1) is 0 Å². The minimum atomic E-state index is -0.149. The zero-order chi connectivity index (χ0) is 12.7. The summed E-state index contributed by atoms with van der Waals surface area (Å²) in [5.74, 6) is -0.149. The maximum absolute atomic E-state index is 11.1. The summed E-state index contributed by atoms with van der Waals surface area (Å²) < 4.78 is 4.66. The number of rotatable bonds is 6. The van der Waals surface area contributed by atoms with Crippen molar-refractivity contribution in [2.75, 3.05) is 13.7 Å². The lowest BCUT2D eigenvalue weighted by molar-refractivity contribution is -0.141. The Balaban J connectivity index is 2.52. The summed E-state index contributed by atoms with van der Waals surface area (Å²) in [6, 6.07) is 10.7. The van der Waals surface area contributed by atoms with Crippen LogP contribution in [0.3, 0.4) is 0 Å². The van der Waals surface area contributed by atoms with Crippen LogP contribution in [0.5, 0.6) is 0 Å². The Kier molecular flexibility index (Phi) is 5.70. The number of methoxy groups -OCH3 is 1. The van der Waals surface area contributed by atoms with Crippen LogP contribution in [0.2, 0.25) is 0 Å². The van der Waals surface area contributed by atoms with E-state index in [1.807, 2.05) is 18.2 Å². The minimum Gasteiger partial charge on any atom is -0.469 e. The molecule has 0 heterocycles. The third-order valence-corrected chi connectivity index (χ3v) is 2.79. The average Bonchev–Trinajstić information content (AvgIpc) is 2.34. The number of hydrogen-bond acceptors (Lipinski definition) is 3. The molecule has 0 spiro atoms. The Morgan fingerprint density at radius 3 is 2.47 bits per heavy atom. The van der Waals surface area contributed by atoms with Gasteiger partial charge in [0.05, 0.1) is 13.5 Å². The maximum Gasteiger partial charge on any atom is 0.306 e. The summed E-state index contributed by atoms with van der Waals surface area (Å²) in [5.41, 5.74) is 1.27. The Hall–Kier alpha value is -1.35. The van der Waals surface area contributed by atoms with Gasteiger partial charge in [-0.25, -0.2) is 0 Å². The molecular weight excluding hydrogens is 214 g/mol. The molecule has 0 saturated carbocycles. The van der Waals surface area contributed by atoms with E-state index in [2.05, 4.69) is 35.6 Å². The summed E-state index contributed by atoms with van der Waals surface area (Å²) >= 11 is 0. The molecule has 1 aromatic carbocycles. The van der Waals surface area contributed by atoms with Crippen LogP contribution >= 0.6 is 0 Å². The molecule has 3 heteroatoms. The van der Waals surface area contributed by atoms with Crippen molar-refractivity contribution in [3.8, 4) is 0 Å². The summed E-state index contributed by atoms with van der Waals surface area (Å²) in [6.07, 6.45) is 0.446. The second-order valence-corrected chi connectivity index (χ2v) is 4.38. The second kappa shape index (κ2) is 7.07. The molecule has 0 fully saturated rings. The number of nitrogens with zero attached hydrogens (tertiary/aromatic N) is 1. The Morgan fingerprint density at radius 1 is 1.29 bits per heavy atom. The SMILES string of the molecule is COC(=O)CCN(Cc1ccccc1)C(C)C. The van der Waals surface area contributed by atoms with Gasteiger partial charge in [-0.2, -0.15) is 0 Å². The predicted octanol–water partition coefficient (Wildman–Crippen LogP) is 2.46. The highest BCUT2D eigenvalue weighted by Crippen LogP contribution is 2.08. The molecule has 0 unspecified atom stereocenters. The van der Waals surface area contributed by atoms with Crippen LogP contribution in [-0.4, -0.2) is 30.6 Å². The lowest BCUT2D eigenvalue weighted by atomic mass is 10.2. The highest BCUT2D eigenvalue weighted by atomic mass is 16.5. The maximum atomic E-state index is 11.1. The fourth-order valence-electron chi connectivity index (χ4n) is 1.67. The lowest BCUT2D eigenvalue weighted by Crippen LogP contribution is -2.32. The van der Waals surface area contributed by atoms with Crippen molar-refractivity contribution in [1.29, 1.82) is 0 Å². The Bertz CT molecular complexity index is 335. The van der Waals surface area contributed by atoms with Crippen LogP contribution in [-0.2, 0) is 16.1 Å². The van der Waals surface area contributed by atoms with Gasteiger partial charge in [0.2, 0.25) is 0 Å². The molecule has 94 valence electrons. The van der Waals surface area contributed by atoms with Crippen LogP contribution in [0.1, 0.15) is 25.8 Å². The van der Waals surface area contributed by atoms with Crippen LogP contribution in [0.15, 0.2) is 30.3 Å². The molecule has 17 heavy (non-hydrogen) atoms. The monoisotopic (exact) mass is 235 g/mol. The smallest absolute Gasteiger partial charge is 0.306 e. The molecule has 0 bridgehead atoms. The van der Waals surface area contributed by atoms with E-state index in [0.717, 1.165) is 13.1 Å². The zero-order valence-corrected chi connectivity index (χ0v) is 10.8. The molecule has 0 amide bonds. The van der Waals surface area contributed by atoms with E-state index in [9.17, 15) is 4.79 Å². The zero-order valence-electron chi connectivity index (χ0n) is 10.8. The summed E-state index contributed by atoms with van der Waals surface area (Å²) in [4.78, 5) is 13.4. The molecule has 0 aromatic heterocycles. The molecular formula is C14H21NO2. The quantitative estimate of drug-likeness (QED) is 0.709. The van der Waals surface area contributed by atoms with Crippen molar-refractivity contribution in [2.45, 2.75) is 32.9 Å². The van der Waals surface area contributed by atoms with Gasteiger partial charge in [-0.3, -0.25) is 9.69 Å². The van der Waals surface area contributed by atoms with Crippen molar-refractivity contribution in [3.05, 3.63) is 35.9 Å². The van der Waals surface area contributed by atoms with Gasteiger partial charge in [0.1, 0.15) is 0 Å². The van der Waals surface area contributed by atoms with Crippen molar-refractivity contribution in [1.82, 2.24) is 4.90 Å². The molecule has 0 aliphatic carbocycles. The van der Waals surface area contributed by atoms with Crippen molar-refractivity contribution < 1.29 is 9.53 Å². The molecule has 0 N–H and O–H groups in total. The molecule has 3 nitrogen and oxygen atoms in total. The van der Waals surface area contributed by atoms with Gasteiger partial charge in [0.25, 0.3) is 0 Å². The number of carbonyl (C=O) groups excluding carboxylic acids is 1. The highest BCUT2D eigenvalue weighted by Gasteiger charge is 2.12. The summed E-state index contributed by atoms with van der Waals surface area (Å²) in [7, 11) is 1.43. The molecule has 1 aromatic rings. The average molecular weight is 235 g/mol. The molecule has 0 saturated heterocycles. The first-order valence-electron chi connectivity index (χ1n) is 5.98. The number of ether oxygens (including phenoxy) is 1. The van der Waals surface area contributed by atoms with Crippen molar-refractivity contribution in [3.63, 3.8) is 0 Å². The number of hydrogen-bond donors (Lipinski definition) is 0. The van der Waals surface area contributed by atoms with E-state index in [-0.39, 0.29) is 5.97 Å². The van der Waals surface area contributed by atoms with Gasteiger partial charge < -0.3 is 4.74 Å². The molecule has 1 rings (SSSR count). The van der Waals surface area contributed by atoms with E-state index in [1.54, 1.807) is 0 Å². The predicted molar refractivity (Wildman–Crippen MR) is 68.6 cm³/mol. The second-order valence-electron chi connectivity index (χ2n) is 4.38. The molecule has 0 atom stereocenters. The minimum absolute atomic E-state index is 0.149. The first kappa shape index (κ1) is 13.7. The normalized spacial score (nSPS) is 10.9. The van der Waals surface area contributed by atoms with Crippen molar-refractivity contribution in [2.24, 2.45) is 0 Å². The highest BCUT2D eigenvalue weighted by molar-refractivity contribution is 5.69. The van der Waals surface area contributed by atoms with E-state index in [1.165, 1.54) is 12.7 Å². The molecule has 0 radical (unpaired) electrons. The number of benzene rings is 1. The standard InChI is InChI=1S/C14H21NO2/c1-12(2)15(10-9-14(16)17-3)11-13-7-5-4-6-8-13/h4-8,12H,9-11H2,1-3H3. The first-order chi connectivity index (χ1) is 8.13. The summed E-state index contributed by atoms with van der Waals surface area (Å²) in [5, 5.41) is 0. The molecule has 0 aliphatic heterocycles. The van der Waals surface area contributed by atoms with Crippen molar-refractivity contribution >= 4 is 5.97 Å². The number of esters is 1. The van der Waals surface area contributed by atoms with Gasteiger partial charge in [-0.05, 0) is 19.4 Å². The Morgan fingerprint density at radius 2 is 1.94 bits per heavy atom. The third-order valence-electron chi connectivity index (χ3n) is 2.79. The van der Waals surface area contributed by atoms with E-state index in [4.69, 9.17) is 0 Å². The van der Waals surface area contributed by atoms with Gasteiger partial charge in [0.15, 0.2) is 0 Å². The number of carbonyl (C=O) groups is 1. The van der Waals surface area contributed by atoms with Crippen LogP contribution < -0.4 is 0 Å². The van der Waals surface area contributed by atoms with E-state index in [0.29, 0.717) is 12.5 Å². The fourth-order valence-corrected chi connectivity index (χ4v) is 1.67. The van der Waals surface area contributed by atoms with Gasteiger partial charge >= 0.3 is 5.97 Å². The van der Waals surface area contributed by atoms with Gasteiger partial charge in [-0.1, -0.05) is 30.3 Å². The fraction of sp³-hybridized carbons (Fsp3) is 0.500. The van der Waals surface area contributed by atoms with Crippen LogP contribution in [0.25, 0.3) is 0 Å². The van der Waals surface area contributed by atoms with E-state index >= 15 is 0 Å². The first-order valence-corrected chi connectivity index (χ1v) is 5.98. The molecule has 0 aliphatic rings. The summed E-state index contributed by atoms with van der Waals surface area (Å²) in [6.45, 7) is 5.88.